The third-order valence-corrected chi connectivity index (χ3v) is 13.9. The molecular formula is C48H73N15O11S2. The van der Waals surface area contributed by atoms with Gasteiger partial charge in [0.05, 0.1) is 25.3 Å². The Morgan fingerprint density at radius 3 is 1.88 bits per heavy atom. The number of carbonyl (C=O) groups is 11. The molecule has 0 radical (unpaired) electrons. The van der Waals surface area contributed by atoms with Gasteiger partial charge in [0.25, 0.3) is 0 Å². The number of imidazole rings is 1. The number of thioether (sulfide) groups is 2. The molecule has 0 spiro atoms. The number of primary amides is 3. The van der Waals surface area contributed by atoms with Crippen molar-refractivity contribution in [3.63, 3.8) is 0 Å². The second kappa shape index (κ2) is 30.4. The van der Waals surface area contributed by atoms with Crippen LogP contribution in [0.2, 0.25) is 0 Å². The Bertz CT molecular complexity index is 2520. The number of H-pyrrole nitrogens is 2. The second-order valence-corrected chi connectivity index (χ2v) is 21.4. The third-order valence-electron chi connectivity index (χ3n) is 12.0. The van der Waals surface area contributed by atoms with Crippen LogP contribution in [0.25, 0.3) is 10.9 Å². The molecule has 0 aliphatic heterocycles. The predicted molar refractivity (Wildman–Crippen MR) is 286 cm³/mol. The summed E-state index contributed by atoms with van der Waals surface area (Å²) < 4.78 is -1.03. The summed E-state index contributed by atoms with van der Waals surface area (Å²) in [4.78, 5) is 155. The van der Waals surface area contributed by atoms with E-state index in [0.29, 0.717) is 22.4 Å². The zero-order valence-corrected chi connectivity index (χ0v) is 45.3. The molecule has 418 valence electrons. The van der Waals surface area contributed by atoms with Gasteiger partial charge < -0.3 is 75.4 Å². The highest BCUT2D eigenvalue weighted by Crippen LogP contribution is 2.26. The number of para-hydroxylation sites is 1. The molecule has 0 saturated carbocycles. The molecule has 26 nitrogen and oxygen atoms in total. The van der Waals surface area contributed by atoms with Crippen molar-refractivity contribution in [1.82, 2.24) is 57.5 Å². The van der Waals surface area contributed by atoms with Crippen LogP contribution in [-0.2, 0) is 65.6 Å². The maximum atomic E-state index is 14.2. The number of hydrogen-bond donors (Lipinski definition) is 14. The number of rotatable bonds is 33. The van der Waals surface area contributed by atoms with E-state index in [0.717, 1.165) is 5.52 Å². The lowest BCUT2D eigenvalue weighted by molar-refractivity contribution is -0.135. The van der Waals surface area contributed by atoms with E-state index < -0.39 is 131 Å². The molecule has 0 fully saturated rings. The highest BCUT2D eigenvalue weighted by atomic mass is 32.2. The zero-order valence-electron chi connectivity index (χ0n) is 43.7. The molecule has 0 saturated heterocycles. The fraction of sp³-hybridized carbons (Fsp3) is 0.542. The number of nitrogens with two attached hydrogens (primary N) is 4. The van der Waals surface area contributed by atoms with Crippen LogP contribution < -0.4 is 65.5 Å². The minimum absolute atomic E-state index is 0.0887. The molecule has 3 rings (SSSR count). The Hall–Kier alpha value is -7.20. The van der Waals surface area contributed by atoms with Crippen molar-refractivity contribution in [1.29, 1.82) is 0 Å². The summed E-state index contributed by atoms with van der Waals surface area (Å²) in [5, 5.41) is 21.4. The summed E-state index contributed by atoms with van der Waals surface area (Å²) in [5.41, 5.74) is 23.6. The van der Waals surface area contributed by atoms with Crippen molar-refractivity contribution in [2.45, 2.75) is 133 Å². The number of nitrogens with one attached hydrogen (secondary N) is 10. The molecule has 2 heterocycles. The van der Waals surface area contributed by atoms with Crippen LogP contribution in [0.1, 0.15) is 78.0 Å². The summed E-state index contributed by atoms with van der Waals surface area (Å²) in [6, 6.07) is -3.28. The first-order valence-electron chi connectivity index (χ1n) is 24.3. The molecule has 8 unspecified atom stereocenters. The maximum Gasteiger partial charge on any atom is 0.244 e. The Morgan fingerprint density at radius 2 is 1.28 bits per heavy atom. The van der Waals surface area contributed by atoms with Crippen molar-refractivity contribution in [2.24, 2.45) is 28.9 Å². The average molecular weight is 1100 g/mol. The van der Waals surface area contributed by atoms with Gasteiger partial charge >= 0.3 is 0 Å². The van der Waals surface area contributed by atoms with E-state index in [1.54, 1.807) is 50.6 Å². The summed E-state index contributed by atoms with van der Waals surface area (Å²) in [6.07, 6.45) is 6.95. The van der Waals surface area contributed by atoms with Gasteiger partial charge in [0.1, 0.15) is 42.3 Å². The van der Waals surface area contributed by atoms with Gasteiger partial charge in [-0.15, -0.1) is 0 Å². The van der Waals surface area contributed by atoms with Crippen molar-refractivity contribution < 1.29 is 52.7 Å². The predicted octanol–water partition coefficient (Wildman–Crippen LogP) is -2.90. The van der Waals surface area contributed by atoms with Crippen LogP contribution in [0.15, 0.2) is 43.0 Å². The maximum absolute atomic E-state index is 14.2. The summed E-state index contributed by atoms with van der Waals surface area (Å²) in [6.45, 7) is 7.66. The quantitative estimate of drug-likeness (QED) is 0.0291. The monoisotopic (exact) mass is 1100 g/mol. The van der Waals surface area contributed by atoms with E-state index >= 15 is 0 Å². The largest absolute Gasteiger partial charge is 0.370 e. The van der Waals surface area contributed by atoms with Crippen molar-refractivity contribution in [2.75, 3.05) is 24.8 Å². The molecule has 3 aromatic rings. The van der Waals surface area contributed by atoms with Gasteiger partial charge in [-0.3, -0.25) is 52.7 Å². The normalized spacial score (nSPS) is 14.5. The van der Waals surface area contributed by atoms with Crippen molar-refractivity contribution in [3.05, 3.63) is 54.2 Å². The van der Waals surface area contributed by atoms with Crippen molar-refractivity contribution >= 4 is 99.4 Å². The standard InChI is InChI=1S/C48H73N15O11S2/c1-24(2)16-33(45(72)59-31(40(52)67)14-15-75-6)61-46(73)35(18-27-21-53-23-56-27)58-38(66)22-55-47(74)39(48(4,5)76-7)63-41(68)25(3)57-44(71)34(17-26-20-54-30-11-9-8-10-28(26)30)62-43(70)32(12-13-36(50)64)60-42(69)29(49)19-37(51)65/h8-11,20-21,23-25,29,31-35,39,54H,12-19,22,49H2,1-7H3,(H2,50,64)(H2,51,65)(H2,52,67)(H,53,56)(H,55,74)(H,57,71)(H,58,66)(H,59,72)(H,60,69)(H,61,73)(H,62,70)(H,63,68). The number of hydrogen-bond acceptors (Lipinski definition) is 15. The van der Waals surface area contributed by atoms with E-state index in [1.807, 2.05) is 20.1 Å². The fourth-order valence-corrected chi connectivity index (χ4v) is 8.45. The Labute approximate surface area is 448 Å². The van der Waals surface area contributed by atoms with E-state index in [-0.39, 0.29) is 44.4 Å². The van der Waals surface area contributed by atoms with Gasteiger partial charge in [0, 0.05) is 53.0 Å². The van der Waals surface area contributed by atoms with E-state index in [1.165, 1.54) is 43.0 Å². The first kappa shape index (κ1) is 63.1. The van der Waals surface area contributed by atoms with Crippen molar-refractivity contribution in [3.8, 4) is 0 Å². The van der Waals surface area contributed by atoms with Gasteiger partial charge in [0.2, 0.25) is 65.0 Å². The number of carbonyl (C=O) groups excluding carboxylic acids is 11. The van der Waals surface area contributed by atoms with E-state index in [4.69, 9.17) is 22.9 Å². The van der Waals surface area contributed by atoms with Crippen LogP contribution in [0, 0.1) is 5.92 Å². The lowest BCUT2D eigenvalue weighted by Gasteiger charge is -2.33. The Balaban J connectivity index is 1.81. The van der Waals surface area contributed by atoms with Crippen LogP contribution in [0.4, 0.5) is 0 Å². The molecule has 28 heteroatoms. The molecule has 11 amide bonds. The van der Waals surface area contributed by atoms with Gasteiger partial charge in [-0.25, -0.2) is 4.98 Å². The third kappa shape index (κ3) is 20.5. The smallest absolute Gasteiger partial charge is 0.244 e. The van der Waals surface area contributed by atoms with E-state index in [9.17, 15) is 52.7 Å². The van der Waals surface area contributed by atoms with Gasteiger partial charge in [-0.1, -0.05) is 32.0 Å². The minimum atomic E-state index is -1.47. The lowest BCUT2D eigenvalue weighted by Crippen LogP contribution is -2.62. The van der Waals surface area contributed by atoms with Gasteiger partial charge in [-0.05, 0) is 75.8 Å². The Morgan fingerprint density at radius 1 is 0.671 bits per heavy atom. The summed E-state index contributed by atoms with van der Waals surface area (Å²) in [5.74, 6) is -8.55. The first-order chi connectivity index (χ1) is 35.8. The van der Waals surface area contributed by atoms with Crippen LogP contribution in [0.5, 0.6) is 0 Å². The fourth-order valence-electron chi connectivity index (χ4n) is 7.57. The molecule has 0 aliphatic rings. The molecular weight excluding hydrogens is 1030 g/mol. The molecule has 76 heavy (non-hydrogen) atoms. The van der Waals surface area contributed by atoms with Gasteiger partial charge in [0.15, 0.2) is 0 Å². The number of amides is 11. The number of aromatic nitrogens is 3. The molecule has 8 atom stereocenters. The average Bonchev–Trinajstić information content (AvgIpc) is 4.03. The second-order valence-electron chi connectivity index (χ2n) is 19.0. The number of nitrogens with zero attached hydrogens (tertiary/aromatic N) is 1. The lowest BCUT2D eigenvalue weighted by atomic mass is 10.0. The van der Waals surface area contributed by atoms with Gasteiger partial charge in [-0.2, -0.15) is 23.5 Å². The molecule has 1 aromatic carbocycles. The first-order valence-corrected chi connectivity index (χ1v) is 27.0. The Kier molecular flexibility index (Phi) is 25.2. The van der Waals surface area contributed by atoms with Crippen LogP contribution in [0.3, 0.4) is 0 Å². The minimum Gasteiger partial charge on any atom is -0.370 e. The molecule has 2 aromatic heterocycles. The molecule has 0 aliphatic carbocycles. The van der Waals surface area contributed by atoms with Crippen LogP contribution in [-0.4, -0.2) is 158 Å². The topological polar surface area (TPSA) is 433 Å². The summed E-state index contributed by atoms with van der Waals surface area (Å²) in [7, 11) is 0. The van der Waals surface area contributed by atoms with Crippen LogP contribution >= 0.6 is 23.5 Å². The summed E-state index contributed by atoms with van der Waals surface area (Å²) >= 11 is 2.67. The molecule has 0 bridgehead atoms. The number of aromatic amines is 2. The number of fused-ring (bicyclic) bond motifs is 1. The van der Waals surface area contributed by atoms with E-state index in [2.05, 4.69) is 57.5 Å². The molecule has 18 N–H and O–H groups in total. The zero-order chi connectivity index (χ0) is 56.9. The SMILES string of the molecule is CSCCC(NC(=O)C(CC(C)C)NC(=O)C(Cc1cnc[nH]1)NC(=O)CNC(=O)C(NC(=O)C(C)NC(=O)C(Cc1c[nH]c2ccccc12)NC(=O)C(CCC(N)=O)NC(=O)C(N)CC(N)=O)C(C)(C)SC)C(N)=O. The number of benzene rings is 1. The highest BCUT2D eigenvalue weighted by Gasteiger charge is 2.38. The highest BCUT2D eigenvalue weighted by molar-refractivity contribution is 8.00.